The lowest BCUT2D eigenvalue weighted by Gasteiger charge is -2.27. The minimum atomic E-state index is -1.01. The molecule has 38 heavy (non-hydrogen) atoms. The number of carbonyl (C=O) groups is 4. The first-order chi connectivity index (χ1) is 18.0. The second kappa shape index (κ2) is 13.1. The van der Waals surface area contributed by atoms with Crippen LogP contribution in [0, 0.1) is 11.8 Å². The van der Waals surface area contributed by atoms with Gasteiger partial charge in [-0.05, 0) is 25.3 Å². The van der Waals surface area contributed by atoms with E-state index in [2.05, 4.69) is 10.3 Å². The van der Waals surface area contributed by atoms with E-state index in [1.165, 1.54) is 11.0 Å². The molecule has 3 heterocycles. The highest BCUT2D eigenvalue weighted by Crippen LogP contribution is 2.24. The number of esters is 1. The van der Waals surface area contributed by atoms with Crippen LogP contribution in [0.2, 0.25) is 0 Å². The Kier molecular flexibility index (Phi) is 9.95. The van der Waals surface area contributed by atoms with Crippen LogP contribution in [0.15, 0.2) is 58.4 Å². The van der Waals surface area contributed by atoms with Crippen molar-refractivity contribution in [3.8, 4) is 0 Å². The van der Waals surface area contributed by atoms with Crippen LogP contribution in [-0.4, -0.2) is 63.9 Å². The molecule has 204 valence electrons. The molecule has 2 aliphatic rings. The number of cyclic esters (lactones) is 1. The fourth-order valence-corrected chi connectivity index (χ4v) is 4.33. The van der Waals surface area contributed by atoms with Gasteiger partial charge in [0.05, 0.1) is 12.5 Å². The number of oxazole rings is 1. The van der Waals surface area contributed by atoms with Gasteiger partial charge < -0.3 is 24.5 Å². The molecule has 1 aromatic rings. The van der Waals surface area contributed by atoms with Crippen LogP contribution in [0.25, 0.3) is 0 Å². The first kappa shape index (κ1) is 28.8. The van der Waals surface area contributed by atoms with Crippen LogP contribution in [0.4, 0.5) is 0 Å². The van der Waals surface area contributed by atoms with Crippen molar-refractivity contribution >= 4 is 23.6 Å². The summed E-state index contributed by atoms with van der Waals surface area (Å²) in [6, 6.07) is 0. The number of nitrogens with zero attached hydrogens (tertiary/aromatic N) is 2. The van der Waals surface area contributed by atoms with Gasteiger partial charge in [0.25, 0.3) is 5.91 Å². The van der Waals surface area contributed by atoms with Gasteiger partial charge in [0.2, 0.25) is 11.8 Å². The molecular weight excluding hydrogens is 490 g/mol. The predicted molar refractivity (Wildman–Crippen MR) is 139 cm³/mol. The molecule has 0 aliphatic carbocycles. The topological polar surface area (TPSA) is 139 Å². The third kappa shape index (κ3) is 7.85. The van der Waals surface area contributed by atoms with Crippen molar-refractivity contribution in [2.24, 2.45) is 11.8 Å². The quantitative estimate of drug-likeness (QED) is 0.534. The number of ketones is 1. The maximum atomic E-state index is 13.1. The van der Waals surface area contributed by atoms with Gasteiger partial charge in [-0.2, -0.15) is 0 Å². The summed E-state index contributed by atoms with van der Waals surface area (Å²) < 4.78 is 11.1. The summed E-state index contributed by atoms with van der Waals surface area (Å²) >= 11 is 0. The molecule has 1 aromatic heterocycles. The number of hydrogen-bond acceptors (Lipinski definition) is 8. The van der Waals surface area contributed by atoms with Crippen LogP contribution in [0.1, 0.15) is 56.9 Å². The van der Waals surface area contributed by atoms with Crippen LogP contribution in [0.5, 0.6) is 0 Å². The van der Waals surface area contributed by atoms with Crippen molar-refractivity contribution < 1.29 is 33.4 Å². The molecule has 0 saturated heterocycles. The van der Waals surface area contributed by atoms with Gasteiger partial charge in [0.15, 0.2) is 5.69 Å². The molecule has 0 saturated carbocycles. The Morgan fingerprint density at radius 3 is 2.68 bits per heavy atom. The summed E-state index contributed by atoms with van der Waals surface area (Å²) in [6.07, 6.45) is 9.48. The van der Waals surface area contributed by atoms with E-state index in [9.17, 15) is 24.3 Å². The SMILES string of the molecule is CC1=C/C(O)CC(=O)Cc2nc(co2)C(=O)N2CCC=C2C(=O)OC(C(C)C)C(C)/C=C/C(=O)NC\C=C\1. The minimum Gasteiger partial charge on any atom is -0.457 e. The summed E-state index contributed by atoms with van der Waals surface area (Å²) in [5.41, 5.74) is 0.809. The smallest absolute Gasteiger partial charge is 0.355 e. The summed E-state index contributed by atoms with van der Waals surface area (Å²) in [4.78, 5) is 56.3. The highest BCUT2D eigenvalue weighted by molar-refractivity contribution is 6.00. The number of aromatic nitrogens is 1. The van der Waals surface area contributed by atoms with Crippen LogP contribution in [-0.2, 0) is 25.5 Å². The van der Waals surface area contributed by atoms with Gasteiger partial charge >= 0.3 is 5.97 Å². The van der Waals surface area contributed by atoms with Crippen molar-refractivity contribution in [1.82, 2.24) is 15.2 Å². The number of rotatable bonds is 1. The highest BCUT2D eigenvalue weighted by Gasteiger charge is 2.33. The average molecular weight is 526 g/mol. The van der Waals surface area contributed by atoms with E-state index >= 15 is 0 Å². The van der Waals surface area contributed by atoms with Crippen molar-refractivity contribution in [2.75, 3.05) is 13.1 Å². The molecule has 0 fully saturated rings. The standard InChI is InChI=1S/C28H35N3O7/c1-17(2)26-19(4)9-10-24(34)29-11-5-7-18(3)13-20(32)14-21(33)15-25-30-22(16-37-25)27(35)31-12-6-8-23(31)28(36)38-26/h5,7-10,13,16-17,19-20,26,32H,6,11-12,14-15H2,1-4H3,(H,29,34)/b7-5+,10-9+,18-13-. The molecule has 2 aliphatic heterocycles. The molecular formula is C28H35N3O7. The Labute approximate surface area is 222 Å². The van der Waals surface area contributed by atoms with E-state index in [-0.39, 0.29) is 66.7 Å². The van der Waals surface area contributed by atoms with E-state index in [1.54, 1.807) is 37.3 Å². The lowest BCUT2D eigenvalue weighted by atomic mass is 9.94. The average Bonchev–Trinajstić information content (AvgIpc) is 3.52. The molecule has 0 spiro atoms. The predicted octanol–water partition coefficient (Wildman–Crippen LogP) is 2.66. The maximum Gasteiger partial charge on any atom is 0.355 e. The zero-order valence-corrected chi connectivity index (χ0v) is 22.2. The van der Waals surface area contributed by atoms with Gasteiger partial charge in [0.1, 0.15) is 23.8 Å². The molecule has 2 amide bonds. The van der Waals surface area contributed by atoms with Crippen molar-refractivity contribution in [3.63, 3.8) is 0 Å². The molecule has 10 nitrogen and oxygen atoms in total. The molecule has 2 bridgehead atoms. The van der Waals surface area contributed by atoms with E-state index in [1.807, 2.05) is 20.8 Å². The largest absolute Gasteiger partial charge is 0.457 e. The molecule has 3 rings (SSSR count). The van der Waals surface area contributed by atoms with E-state index < -0.39 is 24.1 Å². The number of hydrogen-bond donors (Lipinski definition) is 2. The zero-order chi connectivity index (χ0) is 27.8. The second-order valence-corrected chi connectivity index (χ2v) is 9.84. The Bertz CT molecular complexity index is 1170. The number of fused-ring (bicyclic) bond motifs is 3. The molecule has 3 unspecified atom stereocenters. The third-order valence-corrected chi connectivity index (χ3v) is 6.19. The van der Waals surface area contributed by atoms with Crippen molar-refractivity contribution in [1.29, 1.82) is 0 Å². The Balaban J connectivity index is 1.86. The molecule has 0 radical (unpaired) electrons. The fourth-order valence-electron chi connectivity index (χ4n) is 4.33. The maximum absolute atomic E-state index is 13.1. The lowest BCUT2D eigenvalue weighted by Crippen LogP contribution is -2.36. The van der Waals surface area contributed by atoms with Crippen LogP contribution in [0.3, 0.4) is 0 Å². The number of ether oxygens (including phenoxy) is 1. The first-order valence-corrected chi connectivity index (χ1v) is 12.7. The number of aliphatic hydroxyl groups is 1. The highest BCUT2D eigenvalue weighted by atomic mass is 16.5. The molecule has 3 atom stereocenters. The third-order valence-electron chi connectivity index (χ3n) is 6.19. The van der Waals surface area contributed by atoms with E-state index in [0.717, 1.165) is 11.8 Å². The number of allylic oxidation sites excluding steroid dienone is 2. The Morgan fingerprint density at radius 1 is 1.18 bits per heavy atom. The normalized spacial score (nSPS) is 27.6. The van der Waals surface area contributed by atoms with Gasteiger partial charge in [-0.25, -0.2) is 9.78 Å². The zero-order valence-electron chi connectivity index (χ0n) is 22.2. The minimum absolute atomic E-state index is 0.0315. The Hall–Kier alpha value is -3.79. The fraction of sp³-hybridized carbons (Fsp3) is 0.464. The van der Waals surface area contributed by atoms with Gasteiger partial charge in [-0.1, -0.05) is 56.7 Å². The van der Waals surface area contributed by atoms with Crippen LogP contribution < -0.4 is 5.32 Å². The van der Waals surface area contributed by atoms with E-state index in [4.69, 9.17) is 9.15 Å². The number of nitrogens with one attached hydrogen (secondary N) is 1. The molecule has 2 N–H and O–H groups in total. The number of amides is 2. The first-order valence-electron chi connectivity index (χ1n) is 12.7. The summed E-state index contributed by atoms with van der Waals surface area (Å²) in [6.45, 7) is 8.00. The summed E-state index contributed by atoms with van der Waals surface area (Å²) in [7, 11) is 0. The Morgan fingerprint density at radius 2 is 1.95 bits per heavy atom. The number of carbonyl (C=O) groups excluding carboxylic acids is 4. The van der Waals surface area contributed by atoms with Crippen molar-refractivity contribution in [3.05, 3.63) is 65.6 Å². The second-order valence-electron chi connectivity index (χ2n) is 9.84. The van der Waals surface area contributed by atoms with E-state index in [0.29, 0.717) is 6.42 Å². The summed E-state index contributed by atoms with van der Waals surface area (Å²) in [5.74, 6) is -2.07. The number of Topliss-reactive ketones (excluding diaryl/α,β-unsaturated/α-hetero) is 1. The van der Waals surface area contributed by atoms with Gasteiger partial charge in [-0.15, -0.1) is 0 Å². The molecule has 10 heteroatoms. The lowest BCUT2D eigenvalue weighted by molar-refractivity contribution is -0.149. The number of aliphatic hydroxyl groups excluding tert-OH is 1. The van der Waals surface area contributed by atoms with Crippen molar-refractivity contribution in [2.45, 2.75) is 59.2 Å². The van der Waals surface area contributed by atoms with Gasteiger partial charge in [-0.3, -0.25) is 14.4 Å². The molecule has 0 aromatic carbocycles. The monoisotopic (exact) mass is 525 g/mol. The van der Waals surface area contributed by atoms with Crippen LogP contribution >= 0.6 is 0 Å². The van der Waals surface area contributed by atoms with Gasteiger partial charge in [0, 0.05) is 25.4 Å². The summed E-state index contributed by atoms with van der Waals surface area (Å²) in [5, 5.41) is 13.0.